The summed E-state index contributed by atoms with van der Waals surface area (Å²) >= 11 is 0. The fourth-order valence-electron chi connectivity index (χ4n) is 3.04. The Morgan fingerprint density at radius 1 is 1.12 bits per heavy atom. The van der Waals surface area contributed by atoms with Gasteiger partial charge in [-0.05, 0) is 49.2 Å². The molecule has 1 aromatic heterocycles. The van der Waals surface area contributed by atoms with Crippen LogP contribution < -0.4 is 14.8 Å². The smallest absolute Gasteiger partial charge is 0.253 e. The largest absolute Gasteiger partial charge is 0.493 e. The van der Waals surface area contributed by atoms with Crippen molar-refractivity contribution in [2.75, 3.05) is 20.8 Å². The van der Waals surface area contributed by atoms with E-state index >= 15 is 0 Å². The van der Waals surface area contributed by atoms with Crippen LogP contribution in [0, 0.1) is 12.7 Å². The van der Waals surface area contributed by atoms with Gasteiger partial charge >= 0.3 is 0 Å². The number of benzene rings is 2. The van der Waals surface area contributed by atoms with Gasteiger partial charge in [0.2, 0.25) is 0 Å². The monoisotopic (exact) mass is 356 g/mol. The molecule has 6 heteroatoms. The number of ether oxygens (including phenoxy) is 2. The Morgan fingerprint density at radius 3 is 2.62 bits per heavy atom. The first-order valence-electron chi connectivity index (χ1n) is 8.30. The van der Waals surface area contributed by atoms with E-state index in [4.69, 9.17) is 9.47 Å². The van der Waals surface area contributed by atoms with Crippen molar-refractivity contribution in [3.05, 3.63) is 59.0 Å². The van der Waals surface area contributed by atoms with Gasteiger partial charge in [0, 0.05) is 23.1 Å². The van der Waals surface area contributed by atoms with Gasteiger partial charge in [0.05, 0.1) is 19.8 Å². The maximum absolute atomic E-state index is 13.5. The van der Waals surface area contributed by atoms with Gasteiger partial charge < -0.3 is 19.8 Å². The minimum absolute atomic E-state index is 0.222. The van der Waals surface area contributed by atoms with Gasteiger partial charge in [0.25, 0.3) is 5.91 Å². The van der Waals surface area contributed by atoms with Gasteiger partial charge in [-0.3, -0.25) is 4.79 Å². The third-order valence-corrected chi connectivity index (χ3v) is 4.32. The van der Waals surface area contributed by atoms with Crippen molar-refractivity contribution < 1.29 is 18.7 Å². The number of H-pyrrole nitrogens is 1. The van der Waals surface area contributed by atoms with Crippen LogP contribution in [0.5, 0.6) is 11.5 Å². The highest BCUT2D eigenvalue weighted by Crippen LogP contribution is 2.27. The number of hydrogen-bond acceptors (Lipinski definition) is 3. The van der Waals surface area contributed by atoms with E-state index in [1.54, 1.807) is 27.2 Å². The summed E-state index contributed by atoms with van der Waals surface area (Å²) in [6.07, 6.45) is 0.641. The number of aromatic amines is 1. The lowest BCUT2D eigenvalue weighted by atomic mass is 10.1. The summed E-state index contributed by atoms with van der Waals surface area (Å²) in [6, 6.07) is 10.0. The van der Waals surface area contributed by atoms with E-state index in [2.05, 4.69) is 10.3 Å². The van der Waals surface area contributed by atoms with Gasteiger partial charge in [-0.15, -0.1) is 0 Å². The molecule has 0 fully saturated rings. The van der Waals surface area contributed by atoms with Crippen molar-refractivity contribution >= 4 is 16.8 Å². The highest BCUT2D eigenvalue weighted by Gasteiger charge is 2.16. The molecule has 0 bridgehead atoms. The zero-order chi connectivity index (χ0) is 18.7. The average Bonchev–Trinajstić information content (AvgIpc) is 2.96. The number of nitrogens with one attached hydrogen (secondary N) is 2. The van der Waals surface area contributed by atoms with E-state index in [9.17, 15) is 9.18 Å². The molecule has 0 unspecified atom stereocenters. The molecule has 0 saturated heterocycles. The van der Waals surface area contributed by atoms with Crippen molar-refractivity contribution in [1.82, 2.24) is 10.3 Å². The molecular formula is C20H21FN2O3. The Bertz CT molecular complexity index is 950. The number of carbonyl (C=O) groups excluding carboxylic acids is 1. The first-order chi connectivity index (χ1) is 12.5. The minimum Gasteiger partial charge on any atom is -0.493 e. The molecule has 0 spiro atoms. The van der Waals surface area contributed by atoms with Crippen LogP contribution in [0.4, 0.5) is 4.39 Å². The van der Waals surface area contributed by atoms with Gasteiger partial charge in [-0.2, -0.15) is 0 Å². The molecule has 136 valence electrons. The first-order valence-corrected chi connectivity index (χ1v) is 8.30. The van der Waals surface area contributed by atoms with E-state index in [0.29, 0.717) is 41.1 Å². The molecule has 0 aliphatic rings. The normalized spacial score (nSPS) is 10.8. The first kappa shape index (κ1) is 17.8. The van der Waals surface area contributed by atoms with Crippen LogP contribution in [-0.4, -0.2) is 31.7 Å². The summed E-state index contributed by atoms with van der Waals surface area (Å²) in [7, 11) is 3.17. The lowest BCUT2D eigenvalue weighted by molar-refractivity contribution is 0.0955. The summed E-state index contributed by atoms with van der Waals surface area (Å²) in [4.78, 5) is 15.7. The number of methoxy groups -OCH3 is 2. The number of carbonyl (C=O) groups is 1. The third kappa shape index (κ3) is 3.49. The summed E-state index contributed by atoms with van der Waals surface area (Å²) in [6.45, 7) is 2.26. The SMILES string of the molecule is COc1ccc(CCNC(=O)c2c(C)[nH]c3ccc(F)cc23)cc1OC. The molecule has 2 N–H and O–H groups in total. The molecule has 0 atom stereocenters. The van der Waals surface area contributed by atoms with Crippen LogP contribution in [0.25, 0.3) is 10.9 Å². The van der Waals surface area contributed by atoms with E-state index < -0.39 is 0 Å². The van der Waals surface area contributed by atoms with Crippen LogP contribution >= 0.6 is 0 Å². The Hall–Kier alpha value is -3.02. The van der Waals surface area contributed by atoms with Gasteiger partial charge in [-0.25, -0.2) is 4.39 Å². The molecule has 3 rings (SSSR count). The number of fused-ring (bicyclic) bond motifs is 1. The maximum Gasteiger partial charge on any atom is 0.253 e. The Balaban J connectivity index is 1.70. The quantitative estimate of drug-likeness (QED) is 0.709. The number of aromatic nitrogens is 1. The van der Waals surface area contributed by atoms with Crippen LogP contribution in [-0.2, 0) is 6.42 Å². The summed E-state index contributed by atoms with van der Waals surface area (Å²) < 4.78 is 24.0. The molecule has 2 aromatic carbocycles. The van der Waals surface area contributed by atoms with Crippen molar-refractivity contribution in [3.63, 3.8) is 0 Å². The Labute approximate surface area is 151 Å². The maximum atomic E-state index is 13.5. The Morgan fingerprint density at radius 2 is 1.88 bits per heavy atom. The van der Waals surface area contributed by atoms with Crippen LogP contribution in [0.15, 0.2) is 36.4 Å². The number of rotatable bonds is 6. The third-order valence-electron chi connectivity index (χ3n) is 4.32. The van der Waals surface area contributed by atoms with Crippen molar-refractivity contribution in [2.45, 2.75) is 13.3 Å². The van der Waals surface area contributed by atoms with Crippen molar-refractivity contribution in [2.24, 2.45) is 0 Å². The summed E-state index contributed by atoms with van der Waals surface area (Å²) in [5, 5.41) is 3.49. The summed E-state index contributed by atoms with van der Waals surface area (Å²) in [5.74, 6) is 0.728. The highest BCUT2D eigenvalue weighted by molar-refractivity contribution is 6.08. The molecule has 1 heterocycles. The van der Waals surface area contributed by atoms with Gasteiger partial charge in [-0.1, -0.05) is 6.07 Å². The molecule has 0 saturated carbocycles. The van der Waals surface area contributed by atoms with E-state index in [1.807, 2.05) is 18.2 Å². The predicted molar refractivity (Wildman–Crippen MR) is 98.6 cm³/mol. The van der Waals surface area contributed by atoms with E-state index in [-0.39, 0.29) is 11.7 Å². The predicted octanol–water partition coefficient (Wildman–Crippen LogP) is 3.61. The van der Waals surface area contributed by atoms with Crippen LogP contribution in [0.1, 0.15) is 21.6 Å². The van der Waals surface area contributed by atoms with Gasteiger partial charge in [0.1, 0.15) is 5.82 Å². The number of hydrogen-bond donors (Lipinski definition) is 2. The fraction of sp³-hybridized carbons (Fsp3) is 0.250. The molecule has 1 amide bonds. The van der Waals surface area contributed by atoms with Crippen molar-refractivity contribution in [3.8, 4) is 11.5 Å². The standard InChI is InChI=1S/C20H21FN2O3/c1-12-19(15-11-14(21)5-6-16(15)23-12)20(24)22-9-8-13-4-7-17(25-2)18(10-13)26-3/h4-7,10-11,23H,8-9H2,1-3H3,(H,22,24). The molecule has 3 aromatic rings. The van der Waals surface area contributed by atoms with Crippen molar-refractivity contribution in [1.29, 1.82) is 0 Å². The Kier molecular flexibility index (Phi) is 5.11. The lowest BCUT2D eigenvalue weighted by Crippen LogP contribution is -2.26. The molecular weight excluding hydrogens is 335 g/mol. The second-order valence-electron chi connectivity index (χ2n) is 6.01. The number of aryl methyl sites for hydroxylation is 1. The average molecular weight is 356 g/mol. The molecule has 0 aliphatic carbocycles. The zero-order valence-corrected chi connectivity index (χ0v) is 15.0. The number of amides is 1. The zero-order valence-electron chi connectivity index (χ0n) is 15.0. The van der Waals surface area contributed by atoms with E-state index in [1.165, 1.54) is 12.1 Å². The lowest BCUT2D eigenvalue weighted by Gasteiger charge is -2.10. The minimum atomic E-state index is -0.365. The number of halogens is 1. The topological polar surface area (TPSA) is 63.3 Å². The molecule has 0 aliphatic heterocycles. The van der Waals surface area contributed by atoms with Crippen LogP contribution in [0.3, 0.4) is 0 Å². The highest BCUT2D eigenvalue weighted by atomic mass is 19.1. The van der Waals surface area contributed by atoms with Gasteiger partial charge in [0.15, 0.2) is 11.5 Å². The molecule has 0 radical (unpaired) electrons. The summed E-state index contributed by atoms with van der Waals surface area (Å²) in [5.41, 5.74) is 2.96. The van der Waals surface area contributed by atoms with Crippen LogP contribution in [0.2, 0.25) is 0 Å². The molecule has 26 heavy (non-hydrogen) atoms. The second kappa shape index (κ2) is 7.47. The molecule has 5 nitrogen and oxygen atoms in total. The van der Waals surface area contributed by atoms with E-state index in [0.717, 1.165) is 11.1 Å². The fourth-order valence-corrected chi connectivity index (χ4v) is 3.04. The second-order valence-corrected chi connectivity index (χ2v) is 6.01.